The van der Waals surface area contributed by atoms with Crippen LogP contribution in [0.15, 0.2) is 23.7 Å². The van der Waals surface area contributed by atoms with Crippen LogP contribution < -0.4 is 4.72 Å². The van der Waals surface area contributed by atoms with E-state index >= 15 is 0 Å². The van der Waals surface area contributed by atoms with Crippen molar-refractivity contribution >= 4 is 38.4 Å². The minimum absolute atomic E-state index is 0.0205. The Morgan fingerprint density at radius 3 is 2.87 bits per heavy atom. The lowest BCUT2D eigenvalue weighted by molar-refractivity contribution is 0.0690. The van der Waals surface area contributed by atoms with Crippen molar-refractivity contribution < 1.29 is 18.3 Å². The van der Waals surface area contributed by atoms with Gasteiger partial charge in [0.1, 0.15) is 0 Å². The largest absolute Gasteiger partial charge is 0.476 e. The number of carbonyl (C=O) groups is 1. The van der Waals surface area contributed by atoms with E-state index in [1.165, 1.54) is 30.9 Å². The van der Waals surface area contributed by atoms with E-state index in [0.29, 0.717) is 29.8 Å². The summed E-state index contributed by atoms with van der Waals surface area (Å²) in [5, 5.41) is 19.6. The fourth-order valence-electron chi connectivity index (χ4n) is 3.84. The number of hydrogen-bond acceptors (Lipinski definition) is 6. The van der Waals surface area contributed by atoms with E-state index in [2.05, 4.69) is 15.8 Å². The van der Waals surface area contributed by atoms with Gasteiger partial charge in [-0.2, -0.15) is 22.7 Å². The highest BCUT2D eigenvalue weighted by molar-refractivity contribution is 7.87. The maximum Gasteiger partial charge on any atom is 0.355 e. The van der Waals surface area contributed by atoms with Gasteiger partial charge in [0.25, 0.3) is 10.2 Å². The molecule has 0 amide bonds. The number of carboxylic acids is 1. The first kappa shape index (κ1) is 20.5. The molecule has 0 spiro atoms. The van der Waals surface area contributed by atoms with Gasteiger partial charge in [-0.15, -0.1) is 11.3 Å². The molecule has 2 aromatic heterocycles. The number of nitrogens with one attached hydrogen (secondary N) is 1. The van der Waals surface area contributed by atoms with Crippen LogP contribution in [-0.2, 0) is 29.6 Å². The van der Waals surface area contributed by atoms with Crippen molar-refractivity contribution in [2.75, 3.05) is 14.1 Å². The molecule has 30 heavy (non-hydrogen) atoms. The second-order valence-corrected chi connectivity index (χ2v) is 10.2. The van der Waals surface area contributed by atoms with Gasteiger partial charge < -0.3 is 9.67 Å². The maximum atomic E-state index is 12.3. The van der Waals surface area contributed by atoms with Crippen LogP contribution in [0.5, 0.6) is 0 Å². The summed E-state index contributed by atoms with van der Waals surface area (Å²) in [6.45, 7) is 0.317. The van der Waals surface area contributed by atoms with Crippen molar-refractivity contribution in [2.45, 2.75) is 25.4 Å². The van der Waals surface area contributed by atoms with Crippen molar-refractivity contribution in [1.82, 2.24) is 18.6 Å². The van der Waals surface area contributed by atoms with Crippen LogP contribution in [0.4, 0.5) is 0 Å². The fraction of sp³-hybridized carbons (Fsp3) is 0.316. The first-order valence-electron chi connectivity index (χ1n) is 9.10. The van der Waals surface area contributed by atoms with E-state index in [1.807, 2.05) is 10.6 Å². The molecule has 4 rings (SSSR count). The van der Waals surface area contributed by atoms with E-state index in [0.717, 1.165) is 26.5 Å². The Balaban J connectivity index is 1.79. The lowest BCUT2D eigenvalue weighted by Gasteiger charge is -2.18. The number of fused-ring (bicyclic) bond motifs is 3. The number of hydrogen-bond donors (Lipinski definition) is 2. The summed E-state index contributed by atoms with van der Waals surface area (Å²) in [5.41, 5.74) is 4.85. The molecule has 2 heterocycles. The molecule has 0 fully saturated rings. The van der Waals surface area contributed by atoms with Crippen LogP contribution in [0.2, 0.25) is 0 Å². The number of aromatic carboxylic acids is 1. The van der Waals surface area contributed by atoms with Gasteiger partial charge in [-0.1, -0.05) is 0 Å². The number of nitrogens with zero attached hydrogens (tertiary/aromatic N) is 4. The van der Waals surface area contributed by atoms with E-state index < -0.39 is 16.2 Å². The van der Waals surface area contributed by atoms with Crippen LogP contribution in [0, 0.1) is 11.3 Å². The number of benzene rings is 1. The molecule has 0 aliphatic heterocycles. The Kier molecular flexibility index (Phi) is 5.11. The number of nitriles is 1. The third-order valence-electron chi connectivity index (χ3n) is 5.25. The minimum atomic E-state index is -3.59. The lowest BCUT2D eigenvalue weighted by Crippen LogP contribution is -2.42. The number of rotatable bonds is 6. The topological polar surface area (TPSA) is 128 Å². The molecule has 1 atom stereocenters. The quantitative estimate of drug-likeness (QED) is 0.593. The molecule has 1 aliphatic rings. The Hall–Kier alpha value is -2.78. The molecule has 9 nitrogen and oxygen atoms in total. The third-order valence-corrected chi connectivity index (χ3v) is 7.66. The van der Waals surface area contributed by atoms with Crippen molar-refractivity contribution in [3.63, 3.8) is 0 Å². The molecule has 0 radical (unpaired) electrons. The first-order chi connectivity index (χ1) is 14.2. The van der Waals surface area contributed by atoms with Gasteiger partial charge in [0.15, 0.2) is 5.69 Å². The van der Waals surface area contributed by atoms with Crippen molar-refractivity contribution in [3.8, 4) is 6.07 Å². The summed E-state index contributed by atoms with van der Waals surface area (Å²) in [6, 6.07) is 7.21. The summed E-state index contributed by atoms with van der Waals surface area (Å²) in [5.74, 6) is -1.08. The Labute approximate surface area is 177 Å². The Morgan fingerprint density at radius 2 is 2.20 bits per heavy atom. The van der Waals surface area contributed by atoms with Gasteiger partial charge in [0.05, 0.1) is 28.6 Å². The zero-order chi connectivity index (χ0) is 21.6. The summed E-state index contributed by atoms with van der Waals surface area (Å²) < 4.78 is 30.4. The highest BCUT2D eigenvalue weighted by atomic mass is 32.2. The molecule has 3 aromatic rings. The highest BCUT2D eigenvalue weighted by Gasteiger charge is 2.32. The second-order valence-electron chi connectivity index (χ2n) is 7.29. The van der Waals surface area contributed by atoms with Crippen LogP contribution in [0.3, 0.4) is 0 Å². The van der Waals surface area contributed by atoms with Crippen molar-refractivity contribution in [3.05, 3.63) is 51.1 Å². The van der Waals surface area contributed by atoms with Gasteiger partial charge in [0.2, 0.25) is 0 Å². The first-order valence-corrected chi connectivity index (χ1v) is 11.4. The van der Waals surface area contributed by atoms with Crippen molar-refractivity contribution in [1.29, 1.82) is 5.26 Å². The minimum Gasteiger partial charge on any atom is -0.476 e. The molecule has 0 unspecified atom stereocenters. The molecular formula is C19H19N5O4S2. The van der Waals surface area contributed by atoms with Gasteiger partial charge in [-0.3, -0.25) is 0 Å². The molecule has 11 heteroatoms. The summed E-state index contributed by atoms with van der Waals surface area (Å²) in [6.07, 6.45) is 0.968. The number of carboxylic acid groups (broad SMARTS) is 1. The summed E-state index contributed by atoms with van der Waals surface area (Å²) in [7, 11) is -0.651. The molecule has 0 saturated heterocycles. The SMILES string of the molecule is CN(C)S(=O)(=O)N[C@@H]1Cc2c(n(Cc3scnc3C(=O)O)c3ccc(C#N)cc23)C1. The highest BCUT2D eigenvalue weighted by Crippen LogP contribution is 2.35. The Bertz CT molecular complexity index is 1300. The smallest absolute Gasteiger partial charge is 0.355 e. The molecule has 156 valence electrons. The second kappa shape index (κ2) is 7.48. The van der Waals surface area contributed by atoms with Gasteiger partial charge in [-0.25, -0.2) is 9.78 Å². The van der Waals surface area contributed by atoms with E-state index in [9.17, 15) is 23.6 Å². The third kappa shape index (κ3) is 3.48. The average molecular weight is 446 g/mol. The predicted molar refractivity (Wildman–Crippen MR) is 112 cm³/mol. The Morgan fingerprint density at radius 1 is 1.43 bits per heavy atom. The molecule has 0 bridgehead atoms. The van der Waals surface area contributed by atoms with Gasteiger partial charge in [-0.05, 0) is 30.2 Å². The predicted octanol–water partition coefficient (Wildman–Crippen LogP) is 1.58. The lowest BCUT2D eigenvalue weighted by atomic mass is 10.1. The van der Waals surface area contributed by atoms with Crippen LogP contribution in [-0.4, -0.2) is 53.5 Å². The van der Waals surface area contributed by atoms with Crippen LogP contribution >= 0.6 is 11.3 Å². The zero-order valence-corrected chi connectivity index (χ0v) is 17.9. The fourth-order valence-corrected chi connectivity index (χ4v) is 5.38. The van der Waals surface area contributed by atoms with E-state index in [4.69, 9.17) is 0 Å². The number of aromatic nitrogens is 2. The maximum absolute atomic E-state index is 12.3. The normalized spacial score (nSPS) is 16.1. The van der Waals surface area contributed by atoms with Crippen molar-refractivity contribution in [2.24, 2.45) is 0 Å². The zero-order valence-electron chi connectivity index (χ0n) is 16.3. The van der Waals surface area contributed by atoms with Crippen LogP contribution in [0.25, 0.3) is 10.9 Å². The number of thiazole rings is 1. The standard InChI is InChI=1S/C19H19N5O4S2/c1-23(2)30(27,28)22-12-6-14-13-5-11(8-20)3-4-15(13)24(16(14)7-12)9-17-18(19(25)26)21-10-29-17/h3-5,10,12,22H,6-7,9H2,1-2H3,(H,25,26)/t12-/m1/s1. The van der Waals surface area contributed by atoms with E-state index in [1.54, 1.807) is 12.1 Å². The molecule has 1 aliphatic carbocycles. The molecule has 2 N–H and O–H groups in total. The monoisotopic (exact) mass is 445 g/mol. The van der Waals surface area contributed by atoms with Gasteiger partial charge >= 0.3 is 5.97 Å². The molecule has 0 saturated carbocycles. The summed E-state index contributed by atoms with van der Waals surface area (Å²) >= 11 is 1.27. The average Bonchev–Trinajstić information content (AvgIpc) is 3.37. The van der Waals surface area contributed by atoms with Gasteiger partial charge in [0, 0.05) is 43.2 Å². The molecular weight excluding hydrogens is 426 g/mol. The molecule has 1 aromatic carbocycles. The van der Waals surface area contributed by atoms with Crippen LogP contribution in [0.1, 0.15) is 32.2 Å². The van der Waals surface area contributed by atoms with E-state index in [-0.39, 0.29) is 11.7 Å². The summed E-state index contributed by atoms with van der Waals surface area (Å²) in [4.78, 5) is 16.0.